The highest BCUT2D eigenvalue weighted by Gasteiger charge is 2.45. The zero-order chi connectivity index (χ0) is 24.2. The molecular weight excluding hydrogens is 443 g/mol. The number of aldehydes is 1. The maximum Gasteiger partial charge on any atom is 0.253 e. The average Bonchev–Trinajstić information content (AvgIpc) is 2.80. The predicted octanol–water partition coefficient (Wildman–Crippen LogP) is 2.73. The summed E-state index contributed by atoms with van der Waals surface area (Å²) in [6, 6.07) is 9.33. The molecule has 0 unspecified atom stereocenters. The van der Waals surface area contributed by atoms with Gasteiger partial charge in [0.2, 0.25) is 0 Å². The van der Waals surface area contributed by atoms with E-state index in [1.165, 1.54) is 31.5 Å². The number of benzene rings is 1. The first-order chi connectivity index (χ1) is 15.8. The molecule has 33 heavy (non-hydrogen) atoms. The summed E-state index contributed by atoms with van der Waals surface area (Å²) in [7, 11) is 3.11. The molecule has 1 heterocycles. The first-order valence-electron chi connectivity index (χ1n) is 10.2. The van der Waals surface area contributed by atoms with Crippen LogP contribution in [-0.2, 0) is 4.79 Å². The number of nitrogens with two attached hydrogens (primary N) is 1. The second kappa shape index (κ2) is 9.75. The van der Waals surface area contributed by atoms with Crippen LogP contribution in [0.1, 0.15) is 41.0 Å². The number of thiocarbonyl (C=S) groups is 1. The fourth-order valence-corrected chi connectivity index (χ4v) is 4.12. The number of carbonyl (C=O) groups is 2. The number of hydrogen-bond donors (Lipinski definition) is 2. The highest BCUT2D eigenvalue weighted by atomic mass is 32.1. The SMILES string of the molecule is CNC(=O)c1ccc(N(C(=S)N(C)c2ccc(C#N)nc2C=CN)C2(C=O)CCC2)cc1F. The van der Waals surface area contributed by atoms with Gasteiger partial charge in [-0.3, -0.25) is 4.79 Å². The Balaban J connectivity index is 2.09. The van der Waals surface area contributed by atoms with E-state index in [2.05, 4.69) is 10.3 Å². The molecule has 1 aliphatic rings. The van der Waals surface area contributed by atoms with Gasteiger partial charge in [0.15, 0.2) is 5.11 Å². The Morgan fingerprint density at radius 1 is 1.36 bits per heavy atom. The molecule has 10 heteroatoms. The van der Waals surface area contributed by atoms with Crippen LogP contribution >= 0.6 is 12.2 Å². The molecule has 1 aromatic heterocycles. The van der Waals surface area contributed by atoms with Crippen molar-refractivity contribution < 1.29 is 14.0 Å². The predicted molar refractivity (Wildman–Crippen MR) is 128 cm³/mol. The summed E-state index contributed by atoms with van der Waals surface area (Å²) >= 11 is 5.78. The smallest absolute Gasteiger partial charge is 0.253 e. The lowest BCUT2D eigenvalue weighted by molar-refractivity contribution is -0.114. The summed E-state index contributed by atoms with van der Waals surface area (Å²) in [6.07, 6.45) is 5.58. The Hall–Kier alpha value is -3.84. The van der Waals surface area contributed by atoms with Gasteiger partial charge in [-0.25, -0.2) is 9.37 Å². The van der Waals surface area contributed by atoms with E-state index in [4.69, 9.17) is 18.0 Å². The van der Waals surface area contributed by atoms with E-state index in [1.807, 2.05) is 6.07 Å². The Labute approximate surface area is 196 Å². The maximum atomic E-state index is 14.8. The zero-order valence-corrected chi connectivity index (χ0v) is 19.0. The van der Waals surface area contributed by atoms with Gasteiger partial charge in [-0.05, 0) is 74.1 Å². The van der Waals surface area contributed by atoms with Crippen molar-refractivity contribution in [2.24, 2.45) is 5.73 Å². The van der Waals surface area contributed by atoms with Crippen molar-refractivity contribution in [3.63, 3.8) is 0 Å². The minimum atomic E-state index is -0.934. The summed E-state index contributed by atoms with van der Waals surface area (Å²) in [6.45, 7) is 0. The summed E-state index contributed by atoms with van der Waals surface area (Å²) in [5, 5.41) is 11.8. The molecule has 170 valence electrons. The quantitative estimate of drug-likeness (QED) is 0.493. The van der Waals surface area contributed by atoms with Crippen LogP contribution in [-0.4, -0.2) is 41.9 Å². The van der Waals surface area contributed by atoms with Gasteiger partial charge in [-0.1, -0.05) is 0 Å². The van der Waals surface area contributed by atoms with E-state index in [-0.39, 0.29) is 16.4 Å². The number of aromatic nitrogens is 1. The Bertz CT molecular complexity index is 1170. The highest BCUT2D eigenvalue weighted by Crippen LogP contribution is 2.40. The third kappa shape index (κ3) is 4.40. The molecule has 0 bridgehead atoms. The van der Waals surface area contributed by atoms with Gasteiger partial charge in [0.25, 0.3) is 5.91 Å². The molecule has 8 nitrogen and oxygen atoms in total. The molecule has 2 aromatic rings. The van der Waals surface area contributed by atoms with Crippen LogP contribution in [0.15, 0.2) is 36.5 Å². The van der Waals surface area contributed by atoms with Crippen LogP contribution < -0.4 is 20.9 Å². The van der Waals surface area contributed by atoms with Crippen molar-refractivity contribution in [1.82, 2.24) is 10.3 Å². The first kappa shape index (κ1) is 23.8. The lowest BCUT2D eigenvalue weighted by atomic mass is 9.76. The Kier molecular flexibility index (Phi) is 7.04. The van der Waals surface area contributed by atoms with Crippen LogP contribution in [0.3, 0.4) is 0 Å². The van der Waals surface area contributed by atoms with Gasteiger partial charge in [-0.2, -0.15) is 5.26 Å². The molecule has 1 fully saturated rings. The van der Waals surface area contributed by atoms with Crippen molar-refractivity contribution in [2.75, 3.05) is 23.9 Å². The zero-order valence-electron chi connectivity index (χ0n) is 18.2. The van der Waals surface area contributed by atoms with Crippen LogP contribution in [0.25, 0.3) is 6.08 Å². The van der Waals surface area contributed by atoms with Gasteiger partial charge in [-0.15, -0.1) is 0 Å². The normalized spacial score (nSPS) is 14.1. The second-order valence-electron chi connectivity index (χ2n) is 7.57. The van der Waals surface area contributed by atoms with E-state index < -0.39 is 17.3 Å². The molecule has 1 aromatic carbocycles. The number of nitriles is 1. The lowest BCUT2D eigenvalue weighted by Crippen LogP contribution is -2.60. The van der Waals surface area contributed by atoms with Crippen molar-refractivity contribution in [2.45, 2.75) is 24.8 Å². The van der Waals surface area contributed by atoms with Crippen LogP contribution in [0.4, 0.5) is 15.8 Å². The fraction of sp³-hybridized carbons (Fsp3) is 0.261. The monoisotopic (exact) mass is 466 g/mol. The number of anilines is 2. The Morgan fingerprint density at radius 2 is 2.09 bits per heavy atom. The minimum Gasteiger partial charge on any atom is -0.405 e. The molecule has 1 saturated carbocycles. The van der Waals surface area contributed by atoms with Crippen molar-refractivity contribution in [3.8, 4) is 6.07 Å². The number of nitrogens with zero attached hydrogens (tertiary/aromatic N) is 4. The lowest BCUT2D eigenvalue weighted by Gasteiger charge is -2.49. The van der Waals surface area contributed by atoms with E-state index in [0.29, 0.717) is 29.9 Å². The van der Waals surface area contributed by atoms with Gasteiger partial charge in [0, 0.05) is 19.8 Å². The van der Waals surface area contributed by atoms with E-state index >= 15 is 0 Å². The summed E-state index contributed by atoms with van der Waals surface area (Å²) in [5.41, 5.74) is 6.02. The number of rotatable bonds is 6. The maximum absolute atomic E-state index is 14.8. The van der Waals surface area contributed by atoms with Gasteiger partial charge in [0.05, 0.1) is 16.9 Å². The Morgan fingerprint density at radius 3 is 2.61 bits per heavy atom. The number of halogens is 1. The molecule has 3 N–H and O–H groups in total. The third-order valence-electron chi connectivity index (χ3n) is 5.68. The van der Waals surface area contributed by atoms with Gasteiger partial charge < -0.3 is 25.6 Å². The minimum absolute atomic E-state index is 0.110. The molecule has 1 aliphatic carbocycles. The molecule has 0 aliphatic heterocycles. The molecule has 3 rings (SSSR count). The topological polar surface area (TPSA) is 115 Å². The van der Waals surface area contributed by atoms with E-state index in [9.17, 15) is 19.2 Å². The first-order valence-corrected chi connectivity index (χ1v) is 10.6. The molecule has 1 amide bonds. The highest BCUT2D eigenvalue weighted by molar-refractivity contribution is 7.80. The number of pyridine rings is 1. The van der Waals surface area contributed by atoms with Crippen LogP contribution in [0.2, 0.25) is 0 Å². The van der Waals surface area contributed by atoms with Crippen LogP contribution in [0.5, 0.6) is 0 Å². The third-order valence-corrected chi connectivity index (χ3v) is 6.13. The summed E-state index contributed by atoms with van der Waals surface area (Å²) < 4.78 is 14.8. The number of amides is 1. The molecular formula is C23H23FN6O2S. The van der Waals surface area contributed by atoms with E-state index in [1.54, 1.807) is 35.0 Å². The number of nitrogens with one attached hydrogen (secondary N) is 1. The number of carbonyl (C=O) groups excluding carboxylic acids is 2. The van der Waals surface area contributed by atoms with Crippen LogP contribution in [0, 0.1) is 17.1 Å². The second-order valence-corrected chi connectivity index (χ2v) is 7.93. The molecule has 0 radical (unpaired) electrons. The summed E-state index contributed by atoms with van der Waals surface area (Å²) in [5.74, 6) is -1.28. The standard InChI is InChI=1S/C23H23FN6O2S/c1-27-21(32)17-6-5-16(12-18(17)24)30(23(14-31)9-3-10-23)22(33)29(2)20-7-4-15(13-26)28-19(20)8-11-25/h4-8,11-12,14H,3,9-10,25H2,1-2H3,(H,27,32). The average molecular weight is 467 g/mol. The van der Waals surface area contributed by atoms with Crippen molar-refractivity contribution in [3.05, 3.63) is 59.3 Å². The molecule has 0 saturated heterocycles. The molecule has 0 spiro atoms. The fourth-order valence-electron chi connectivity index (χ4n) is 3.73. The molecule has 0 atom stereocenters. The van der Waals surface area contributed by atoms with Gasteiger partial charge in [0.1, 0.15) is 29.4 Å². The van der Waals surface area contributed by atoms with Crippen molar-refractivity contribution in [1.29, 1.82) is 5.26 Å². The van der Waals surface area contributed by atoms with Gasteiger partial charge >= 0.3 is 0 Å². The summed E-state index contributed by atoms with van der Waals surface area (Å²) in [4.78, 5) is 31.6. The van der Waals surface area contributed by atoms with E-state index in [0.717, 1.165) is 12.7 Å². The largest absolute Gasteiger partial charge is 0.405 e. The van der Waals surface area contributed by atoms with Crippen molar-refractivity contribution >= 4 is 47.0 Å². The number of hydrogen-bond acceptors (Lipinski definition) is 6.